The maximum atomic E-state index is 12.4. The summed E-state index contributed by atoms with van der Waals surface area (Å²) in [5, 5.41) is 0. The third kappa shape index (κ3) is 3.03. The lowest BCUT2D eigenvalue weighted by atomic mass is 10.0. The summed E-state index contributed by atoms with van der Waals surface area (Å²) in [5.74, 6) is -0.0967. The highest BCUT2D eigenvalue weighted by atomic mass is 16.2. The van der Waals surface area contributed by atoms with E-state index < -0.39 is 6.04 Å². The van der Waals surface area contributed by atoms with E-state index in [2.05, 4.69) is 4.98 Å². The number of aromatic nitrogens is 1. The van der Waals surface area contributed by atoms with Crippen molar-refractivity contribution in [3.8, 4) is 0 Å². The van der Waals surface area contributed by atoms with Gasteiger partial charge >= 0.3 is 0 Å². The molecule has 0 aliphatic carbocycles. The molecule has 2 unspecified atom stereocenters. The van der Waals surface area contributed by atoms with E-state index in [1.54, 1.807) is 24.3 Å². The number of carbonyl (C=O) groups excluding carboxylic acids is 1. The highest BCUT2D eigenvalue weighted by Crippen LogP contribution is 2.21. The van der Waals surface area contributed by atoms with Gasteiger partial charge in [0.1, 0.15) is 6.04 Å². The first-order valence-corrected chi connectivity index (χ1v) is 6.58. The van der Waals surface area contributed by atoms with E-state index in [1.807, 2.05) is 49.4 Å². The van der Waals surface area contributed by atoms with Crippen LogP contribution in [0.3, 0.4) is 0 Å². The number of likely N-dealkylation sites (N-methyl/N-ethyl adjacent to an activating group) is 1. The standard InChI is InChI=1S/C16H19N3O/c1-12(13-8-10-18-11-9-13)19(2)16(20)15(17)14-6-4-3-5-7-14/h3-12,15H,17H2,1-2H3. The van der Waals surface area contributed by atoms with Crippen LogP contribution in [-0.4, -0.2) is 22.8 Å². The van der Waals surface area contributed by atoms with Crippen LogP contribution < -0.4 is 5.73 Å². The average molecular weight is 269 g/mol. The minimum atomic E-state index is -0.634. The van der Waals surface area contributed by atoms with Gasteiger partial charge in [0, 0.05) is 19.4 Å². The van der Waals surface area contributed by atoms with Gasteiger partial charge in [0.05, 0.1) is 6.04 Å². The summed E-state index contributed by atoms with van der Waals surface area (Å²) in [6.07, 6.45) is 3.45. The van der Waals surface area contributed by atoms with E-state index in [-0.39, 0.29) is 11.9 Å². The molecule has 104 valence electrons. The number of nitrogens with zero attached hydrogens (tertiary/aromatic N) is 2. The second-order valence-corrected chi connectivity index (χ2v) is 4.79. The Bertz CT molecular complexity index is 556. The van der Waals surface area contributed by atoms with Crippen LogP contribution in [0.4, 0.5) is 0 Å². The van der Waals surface area contributed by atoms with Crippen LogP contribution >= 0.6 is 0 Å². The van der Waals surface area contributed by atoms with Gasteiger partial charge in [-0.1, -0.05) is 30.3 Å². The normalized spacial score (nSPS) is 13.6. The van der Waals surface area contributed by atoms with Gasteiger partial charge in [-0.3, -0.25) is 9.78 Å². The molecule has 1 aromatic heterocycles. The van der Waals surface area contributed by atoms with Gasteiger partial charge in [0.2, 0.25) is 5.91 Å². The van der Waals surface area contributed by atoms with Crippen molar-refractivity contribution in [1.82, 2.24) is 9.88 Å². The zero-order valence-corrected chi connectivity index (χ0v) is 11.7. The van der Waals surface area contributed by atoms with E-state index >= 15 is 0 Å². The Morgan fingerprint density at radius 3 is 2.30 bits per heavy atom. The molecule has 0 spiro atoms. The van der Waals surface area contributed by atoms with Crippen molar-refractivity contribution in [2.24, 2.45) is 5.73 Å². The molecule has 2 rings (SSSR count). The Morgan fingerprint density at radius 2 is 1.70 bits per heavy atom. The summed E-state index contributed by atoms with van der Waals surface area (Å²) in [7, 11) is 1.77. The van der Waals surface area contributed by atoms with Gasteiger partial charge in [-0.05, 0) is 30.2 Å². The second-order valence-electron chi connectivity index (χ2n) is 4.79. The van der Waals surface area contributed by atoms with Crippen molar-refractivity contribution < 1.29 is 4.79 Å². The highest BCUT2D eigenvalue weighted by molar-refractivity contribution is 5.83. The maximum absolute atomic E-state index is 12.4. The Labute approximate surface area is 119 Å². The van der Waals surface area contributed by atoms with Crippen LogP contribution in [0.1, 0.15) is 30.1 Å². The lowest BCUT2D eigenvalue weighted by Crippen LogP contribution is -2.37. The number of benzene rings is 1. The van der Waals surface area contributed by atoms with Crippen LogP contribution in [-0.2, 0) is 4.79 Å². The number of nitrogens with two attached hydrogens (primary N) is 1. The molecule has 2 atom stereocenters. The predicted molar refractivity (Wildman–Crippen MR) is 78.8 cm³/mol. The molecule has 2 aromatic rings. The lowest BCUT2D eigenvalue weighted by molar-refractivity contribution is -0.133. The minimum absolute atomic E-state index is 0.0414. The molecule has 2 N–H and O–H groups in total. The molecule has 0 radical (unpaired) electrons. The van der Waals surface area contributed by atoms with Crippen LogP contribution in [0.15, 0.2) is 54.9 Å². The summed E-state index contributed by atoms with van der Waals surface area (Å²) in [4.78, 5) is 18.1. The van der Waals surface area contributed by atoms with Crippen molar-refractivity contribution in [1.29, 1.82) is 0 Å². The first-order chi connectivity index (χ1) is 9.61. The third-order valence-electron chi connectivity index (χ3n) is 3.54. The SMILES string of the molecule is CC(c1ccncc1)N(C)C(=O)C(N)c1ccccc1. The quantitative estimate of drug-likeness (QED) is 0.926. The summed E-state index contributed by atoms with van der Waals surface area (Å²) in [5.41, 5.74) is 7.92. The minimum Gasteiger partial charge on any atom is -0.337 e. The average Bonchev–Trinajstić information content (AvgIpc) is 2.53. The smallest absolute Gasteiger partial charge is 0.244 e. The molecule has 0 fully saturated rings. The van der Waals surface area contributed by atoms with Crippen molar-refractivity contribution in [3.05, 3.63) is 66.0 Å². The van der Waals surface area contributed by atoms with Crippen LogP contribution in [0.5, 0.6) is 0 Å². The molecule has 0 bridgehead atoms. The Morgan fingerprint density at radius 1 is 1.10 bits per heavy atom. The third-order valence-corrected chi connectivity index (χ3v) is 3.54. The molecule has 0 saturated carbocycles. The predicted octanol–water partition coefficient (Wildman–Crippen LogP) is 2.30. The van der Waals surface area contributed by atoms with Gasteiger partial charge in [0.15, 0.2) is 0 Å². The fourth-order valence-corrected chi connectivity index (χ4v) is 2.08. The lowest BCUT2D eigenvalue weighted by Gasteiger charge is -2.28. The summed E-state index contributed by atoms with van der Waals surface area (Å²) in [6.45, 7) is 1.98. The topological polar surface area (TPSA) is 59.2 Å². The van der Waals surface area contributed by atoms with Crippen molar-refractivity contribution in [3.63, 3.8) is 0 Å². The van der Waals surface area contributed by atoms with Crippen LogP contribution in [0.2, 0.25) is 0 Å². The molecule has 1 heterocycles. The fraction of sp³-hybridized carbons (Fsp3) is 0.250. The number of hydrogen-bond donors (Lipinski definition) is 1. The molecule has 20 heavy (non-hydrogen) atoms. The first-order valence-electron chi connectivity index (χ1n) is 6.58. The van der Waals surface area contributed by atoms with Crippen LogP contribution in [0, 0.1) is 0 Å². The maximum Gasteiger partial charge on any atom is 0.244 e. The number of carbonyl (C=O) groups is 1. The fourth-order valence-electron chi connectivity index (χ4n) is 2.08. The van der Waals surface area contributed by atoms with Gasteiger partial charge in [-0.2, -0.15) is 0 Å². The van der Waals surface area contributed by atoms with Gasteiger partial charge in [0.25, 0.3) is 0 Å². The molecule has 1 aromatic carbocycles. The largest absolute Gasteiger partial charge is 0.337 e. The Kier molecular flexibility index (Phi) is 4.48. The molecule has 1 amide bonds. The van der Waals surface area contributed by atoms with Crippen molar-refractivity contribution >= 4 is 5.91 Å². The number of hydrogen-bond acceptors (Lipinski definition) is 3. The van der Waals surface area contributed by atoms with E-state index in [4.69, 9.17) is 5.73 Å². The molecule has 0 aliphatic rings. The molecule has 0 saturated heterocycles. The number of rotatable bonds is 4. The van der Waals surface area contributed by atoms with E-state index in [1.165, 1.54) is 0 Å². The molecular formula is C16H19N3O. The van der Waals surface area contributed by atoms with Gasteiger partial charge in [-0.25, -0.2) is 0 Å². The number of amides is 1. The van der Waals surface area contributed by atoms with Crippen molar-refractivity contribution in [2.75, 3.05) is 7.05 Å². The monoisotopic (exact) mass is 269 g/mol. The second kappa shape index (κ2) is 6.30. The molecule has 0 aliphatic heterocycles. The zero-order chi connectivity index (χ0) is 14.5. The van der Waals surface area contributed by atoms with E-state index in [0.29, 0.717) is 0 Å². The number of pyridine rings is 1. The van der Waals surface area contributed by atoms with Crippen molar-refractivity contribution in [2.45, 2.75) is 19.0 Å². The first kappa shape index (κ1) is 14.2. The zero-order valence-electron chi connectivity index (χ0n) is 11.7. The van der Waals surface area contributed by atoms with Crippen LogP contribution in [0.25, 0.3) is 0 Å². The molecule has 4 heteroatoms. The Balaban J connectivity index is 2.13. The van der Waals surface area contributed by atoms with E-state index in [0.717, 1.165) is 11.1 Å². The van der Waals surface area contributed by atoms with E-state index in [9.17, 15) is 4.79 Å². The van der Waals surface area contributed by atoms with Gasteiger partial charge in [-0.15, -0.1) is 0 Å². The molecule has 4 nitrogen and oxygen atoms in total. The van der Waals surface area contributed by atoms with Gasteiger partial charge < -0.3 is 10.6 Å². The summed E-state index contributed by atoms with van der Waals surface area (Å²) >= 11 is 0. The molecular weight excluding hydrogens is 250 g/mol. The Hall–Kier alpha value is -2.20. The summed E-state index contributed by atoms with van der Waals surface area (Å²) in [6, 6.07) is 12.5. The summed E-state index contributed by atoms with van der Waals surface area (Å²) < 4.78 is 0. The highest BCUT2D eigenvalue weighted by Gasteiger charge is 2.23.